The molecule has 0 unspecified atom stereocenters. The van der Waals surface area contributed by atoms with E-state index in [9.17, 15) is 13.2 Å². The number of carbonyl (C=O) groups excluding carboxylic acids is 1. The van der Waals surface area contributed by atoms with Gasteiger partial charge < -0.3 is 0 Å². The van der Waals surface area contributed by atoms with Crippen molar-refractivity contribution >= 4 is 15.9 Å². The van der Waals surface area contributed by atoms with Crippen LogP contribution in [0.2, 0.25) is 0 Å². The topological polar surface area (TPSA) is 76.1 Å². The van der Waals surface area contributed by atoms with Crippen LogP contribution in [0.1, 0.15) is 0 Å². The summed E-state index contributed by atoms with van der Waals surface area (Å²) in [6, 6.07) is 2.80. The standard InChI is InChI=1S/C8H8N2O3S/c1-2-8(11)10-14(12,13)7-4-3-5-9-6-7/h2-6H,1H2,(H,10,11). The van der Waals surface area contributed by atoms with Gasteiger partial charge in [0.2, 0.25) is 0 Å². The van der Waals surface area contributed by atoms with Crippen LogP contribution in [0.5, 0.6) is 0 Å². The van der Waals surface area contributed by atoms with Crippen molar-refractivity contribution in [1.29, 1.82) is 0 Å². The van der Waals surface area contributed by atoms with Gasteiger partial charge in [0.25, 0.3) is 15.9 Å². The van der Waals surface area contributed by atoms with Gasteiger partial charge in [-0.15, -0.1) is 0 Å². The molecule has 74 valence electrons. The number of nitrogens with zero attached hydrogens (tertiary/aromatic N) is 1. The molecule has 5 nitrogen and oxygen atoms in total. The summed E-state index contributed by atoms with van der Waals surface area (Å²) in [5.74, 6) is -0.770. The zero-order valence-electron chi connectivity index (χ0n) is 7.17. The first kappa shape index (κ1) is 10.4. The number of pyridine rings is 1. The first-order chi connectivity index (χ1) is 6.56. The number of sulfonamides is 1. The molecule has 0 atom stereocenters. The molecule has 0 saturated carbocycles. The van der Waals surface area contributed by atoms with Crippen LogP contribution in [0.4, 0.5) is 0 Å². The van der Waals surface area contributed by atoms with Gasteiger partial charge in [0.15, 0.2) is 0 Å². The molecule has 1 aromatic heterocycles. The first-order valence-electron chi connectivity index (χ1n) is 3.65. The summed E-state index contributed by atoms with van der Waals surface area (Å²) in [4.78, 5) is 14.3. The van der Waals surface area contributed by atoms with Crippen molar-refractivity contribution in [3.63, 3.8) is 0 Å². The molecule has 1 rings (SSSR count). The minimum absolute atomic E-state index is 0.0600. The molecule has 0 aliphatic heterocycles. The summed E-state index contributed by atoms with van der Waals surface area (Å²) in [5, 5.41) is 0. The predicted octanol–water partition coefficient (Wildman–Crippen LogP) is 0.0725. The Morgan fingerprint density at radius 2 is 2.29 bits per heavy atom. The summed E-state index contributed by atoms with van der Waals surface area (Å²) in [5.41, 5.74) is 0. The quantitative estimate of drug-likeness (QED) is 0.719. The Hall–Kier alpha value is -1.69. The van der Waals surface area contributed by atoms with Gasteiger partial charge in [-0.25, -0.2) is 13.1 Å². The van der Waals surface area contributed by atoms with Crippen LogP contribution in [0.15, 0.2) is 42.1 Å². The maximum absolute atomic E-state index is 11.4. The molecule has 14 heavy (non-hydrogen) atoms. The van der Waals surface area contributed by atoms with Gasteiger partial charge in [0.05, 0.1) is 0 Å². The van der Waals surface area contributed by atoms with Gasteiger partial charge in [-0.3, -0.25) is 9.78 Å². The van der Waals surface area contributed by atoms with Crippen LogP contribution < -0.4 is 4.72 Å². The molecule has 0 fully saturated rings. The number of amides is 1. The Bertz CT molecular complexity index is 439. The van der Waals surface area contributed by atoms with Crippen molar-refractivity contribution in [2.45, 2.75) is 4.90 Å². The molecular weight excluding hydrogens is 204 g/mol. The third-order valence-electron chi connectivity index (χ3n) is 1.37. The highest BCUT2D eigenvalue weighted by Gasteiger charge is 2.15. The number of carbonyl (C=O) groups is 1. The molecule has 6 heteroatoms. The fraction of sp³-hybridized carbons (Fsp3) is 0. The van der Waals surface area contributed by atoms with Gasteiger partial charge in [0, 0.05) is 12.4 Å². The maximum atomic E-state index is 11.4. The molecule has 1 aromatic rings. The second-order valence-corrected chi connectivity index (χ2v) is 4.05. The molecule has 0 aliphatic rings. The predicted molar refractivity (Wildman–Crippen MR) is 49.8 cm³/mol. The van der Waals surface area contributed by atoms with E-state index in [1.807, 2.05) is 0 Å². The van der Waals surface area contributed by atoms with E-state index in [1.54, 1.807) is 4.72 Å². The normalized spacial score (nSPS) is 10.6. The molecular formula is C8H8N2O3S. The fourth-order valence-corrected chi connectivity index (χ4v) is 1.66. The highest BCUT2D eigenvalue weighted by molar-refractivity contribution is 7.90. The van der Waals surface area contributed by atoms with Crippen LogP contribution >= 0.6 is 0 Å². The molecule has 0 radical (unpaired) electrons. The second-order valence-electron chi connectivity index (χ2n) is 2.36. The van der Waals surface area contributed by atoms with Crippen LogP contribution in [-0.2, 0) is 14.8 Å². The molecule has 0 spiro atoms. The average molecular weight is 212 g/mol. The van der Waals surface area contributed by atoms with Gasteiger partial charge in [-0.05, 0) is 18.2 Å². The SMILES string of the molecule is C=CC(=O)NS(=O)(=O)c1cccnc1. The molecule has 0 bridgehead atoms. The lowest BCUT2D eigenvalue weighted by molar-refractivity contribution is -0.114. The van der Waals surface area contributed by atoms with Crippen molar-refractivity contribution in [3.8, 4) is 0 Å². The Balaban J connectivity index is 2.98. The Kier molecular flexibility index (Phi) is 2.98. The van der Waals surface area contributed by atoms with E-state index in [-0.39, 0.29) is 4.90 Å². The second kappa shape index (κ2) is 4.01. The van der Waals surface area contributed by atoms with Crippen molar-refractivity contribution in [1.82, 2.24) is 9.71 Å². The lowest BCUT2D eigenvalue weighted by Crippen LogP contribution is -2.28. The van der Waals surface area contributed by atoms with E-state index in [0.717, 1.165) is 12.3 Å². The third kappa shape index (κ3) is 2.40. The summed E-state index contributed by atoms with van der Waals surface area (Å²) in [7, 11) is -3.80. The van der Waals surface area contributed by atoms with E-state index in [4.69, 9.17) is 0 Å². The molecule has 0 aromatic carbocycles. The smallest absolute Gasteiger partial charge is 0.265 e. The van der Waals surface area contributed by atoms with E-state index < -0.39 is 15.9 Å². The average Bonchev–Trinajstić information content (AvgIpc) is 2.18. The number of rotatable bonds is 3. The number of nitrogens with one attached hydrogen (secondary N) is 1. The Morgan fingerprint density at radius 1 is 1.57 bits per heavy atom. The first-order valence-corrected chi connectivity index (χ1v) is 5.14. The van der Waals surface area contributed by atoms with E-state index in [1.165, 1.54) is 18.3 Å². The van der Waals surface area contributed by atoms with Crippen LogP contribution in [0, 0.1) is 0 Å². The molecule has 0 aliphatic carbocycles. The van der Waals surface area contributed by atoms with Gasteiger partial charge in [-0.1, -0.05) is 6.58 Å². The van der Waals surface area contributed by atoms with Gasteiger partial charge in [-0.2, -0.15) is 0 Å². The summed E-state index contributed by atoms with van der Waals surface area (Å²) in [6.07, 6.45) is 3.47. The minimum Gasteiger partial charge on any atom is -0.269 e. The van der Waals surface area contributed by atoms with Gasteiger partial charge in [0.1, 0.15) is 4.90 Å². The number of hydrogen-bond acceptors (Lipinski definition) is 4. The van der Waals surface area contributed by atoms with E-state index in [2.05, 4.69) is 11.6 Å². The summed E-state index contributed by atoms with van der Waals surface area (Å²) in [6.45, 7) is 3.15. The minimum atomic E-state index is -3.80. The number of hydrogen-bond donors (Lipinski definition) is 1. The zero-order chi connectivity index (χ0) is 10.6. The Morgan fingerprint density at radius 3 is 2.79 bits per heavy atom. The van der Waals surface area contributed by atoms with Crippen molar-refractivity contribution in [3.05, 3.63) is 37.2 Å². The van der Waals surface area contributed by atoms with E-state index in [0.29, 0.717) is 0 Å². The molecule has 0 saturated heterocycles. The fourth-order valence-electron chi connectivity index (χ4n) is 0.739. The number of aromatic nitrogens is 1. The van der Waals surface area contributed by atoms with Crippen LogP contribution in [-0.4, -0.2) is 19.3 Å². The summed E-state index contributed by atoms with van der Waals surface area (Å²) >= 11 is 0. The summed E-state index contributed by atoms with van der Waals surface area (Å²) < 4.78 is 24.6. The van der Waals surface area contributed by atoms with Crippen LogP contribution in [0.3, 0.4) is 0 Å². The van der Waals surface area contributed by atoms with Crippen LogP contribution in [0.25, 0.3) is 0 Å². The lowest BCUT2D eigenvalue weighted by Gasteiger charge is -2.02. The van der Waals surface area contributed by atoms with Crippen molar-refractivity contribution < 1.29 is 13.2 Å². The highest BCUT2D eigenvalue weighted by Crippen LogP contribution is 2.04. The highest BCUT2D eigenvalue weighted by atomic mass is 32.2. The van der Waals surface area contributed by atoms with Gasteiger partial charge >= 0.3 is 0 Å². The zero-order valence-corrected chi connectivity index (χ0v) is 7.99. The monoisotopic (exact) mass is 212 g/mol. The van der Waals surface area contributed by atoms with Crippen molar-refractivity contribution in [2.24, 2.45) is 0 Å². The molecule has 1 amide bonds. The molecule has 1 heterocycles. The Labute approximate surface area is 81.5 Å². The maximum Gasteiger partial charge on any atom is 0.265 e. The molecule has 1 N–H and O–H groups in total. The largest absolute Gasteiger partial charge is 0.269 e. The third-order valence-corrected chi connectivity index (χ3v) is 2.70. The van der Waals surface area contributed by atoms with E-state index >= 15 is 0 Å². The van der Waals surface area contributed by atoms with Crippen molar-refractivity contribution in [2.75, 3.05) is 0 Å². The lowest BCUT2D eigenvalue weighted by atomic mass is 10.5.